The Morgan fingerprint density at radius 2 is 1.73 bits per heavy atom. The summed E-state index contributed by atoms with van der Waals surface area (Å²) in [4.78, 5) is 11.8. The number of carbonyl (C=O) groups is 1. The van der Waals surface area contributed by atoms with Gasteiger partial charge in [-0.1, -0.05) is 45.2 Å². The van der Waals surface area contributed by atoms with Crippen LogP contribution in [-0.4, -0.2) is 12.6 Å². The molecule has 0 saturated carbocycles. The van der Waals surface area contributed by atoms with Crippen LogP contribution >= 0.6 is 39.1 Å². The van der Waals surface area contributed by atoms with Gasteiger partial charge in [-0.25, -0.2) is 4.79 Å². The molecule has 3 aromatic carbocycles. The number of ether oxygens (including phenoxy) is 2. The van der Waals surface area contributed by atoms with Gasteiger partial charge in [0.05, 0.1) is 12.2 Å². The lowest BCUT2D eigenvalue weighted by Crippen LogP contribution is -2.06. The summed E-state index contributed by atoms with van der Waals surface area (Å²) < 4.78 is 12.0. The molecule has 4 nitrogen and oxygen atoms in total. The number of halogens is 3. The number of nitrogens with one attached hydrogen (secondary N) is 1. The van der Waals surface area contributed by atoms with E-state index in [4.69, 9.17) is 32.7 Å². The molecule has 0 aromatic heterocycles. The van der Waals surface area contributed by atoms with Gasteiger partial charge in [0.25, 0.3) is 0 Å². The topological polar surface area (TPSA) is 47.6 Å². The zero-order valence-corrected chi connectivity index (χ0v) is 19.4. The van der Waals surface area contributed by atoms with Gasteiger partial charge in [-0.15, -0.1) is 0 Å². The van der Waals surface area contributed by atoms with E-state index >= 15 is 0 Å². The predicted molar refractivity (Wildman–Crippen MR) is 125 cm³/mol. The van der Waals surface area contributed by atoms with Gasteiger partial charge >= 0.3 is 5.97 Å². The van der Waals surface area contributed by atoms with E-state index in [1.165, 1.54) is 0 Å². The molecule has 0 radical (unpaired) electrons. The fourth-order valence-electron chi connectivity index (χ4n) is 2.78. The summed E-state index contributed by atoms with van der Waals surface area (Å²) in [6.45, 7) is 2.93. The van der Waals surface area contributed by atoms with Gasteiger partial charge in [-0.05, 0) is 61.5 Å². The Labute approximate surface area is 194 Å². The number of carbonyl (C=O) groups excluding carboxylic acids is 1. The van der Waals surface area contributed by atoms with Crippen molar-refractivity contribution >= 4 is 50.8 Å². The molecule has 0 saturated heterocycles. The molecule has 0 aliphatic rings. The molecule has 1 N–H and O–H groups in total. The molecule has 0 aliphatic heterocycles. The zero-order chi connectivity index (χ0) is 21.5. The molecular weight excluding hydrogens is 489 g/mol. The minimum Gasteiger partial charge on any atom is -0.488 e. The summed E-state index contributed by atoms with van der Waals surface area (Å²) >= 11 is 16.0. The first kappa shape index (κ1) is 22.5. The SMILES string of the molecule is CCOC(=O)c1ccc(NCc2cc(Br)ccc2OCc2c(Cl)cccc2Cl)cc1. The highest BCUT2D eigenvalue weighted by atomic mass is 79.9. The Kier molecular flexibility index (Phi) is 8.02. The number of hydrogen-bond donors (Lipinski definition) is 1. The second-order valence-corrected chi connectivity index (χ2v) is 8.12. The molecule has 3 rings (SSSR count). The van der Waals surface area contributed by atoms with Crippen LogP contribution in [0.2, 0.25) is 10.0 Å². The second kappa shape index (κ2) is 10.7. The van der Waals surface area contributed by atoms with E-state index in [9.17, 15) is 4.79 Å². The van der Waals surface area contributed by atoms with Crippen LogP contribution < -0.4 is 10.1 Å². The minimum atomic E-state index is -0.329. The standard InChI is InChI=1S/C23H20BrCl2NO3/c1-2-29-23(28)15-6-9-18(10-7-15)27-13-16-12-17(24)8-11-22(16)30-14-19-20(25)4-3-5-21(19)26/h3-12,27H,2,13-14H2,1H3. The third kappa shape index (κ3) is 5.91. The quantitative estimate of drug-likeness (QED) is 0.329. The van der Waals surface area contributed by atoms with Crippen molar-refractivity contribution < 1.29 is 14.3 Å². The van der Waals surface area contributed by atoms with Gasteiger partial charge in [0.1, 0.15) is 12.4 Å². The van der Waals surface area contributed by atoms with Crippen molar-refractivity contribution in [3.05, 3.63) is 91.9 Å². The Morgan fingerprint density at radius 1 is 1.03 bits per heavy atom. The molecule has 0 aliphatic carbocycles. The van der Waals surface area contributed by atoms with Crippen molar-refractivity contribution in [1.82, 2.24) is 0 Å². The van der Waals surface area contributed by atoms with Crippen LogP contribution in [0.5, 0.6) is 5.75 Å². The summed E-state index contributed by atoms with van der Waals surface area (Å²) in [7, 11) is 0. The number of benzene rings is 3. The predicted octanol–water partition coefficient (Wildman–Crippen LogP) is 7.12. The molecule has 0 unspecified atom stereocenters. The zero-order valence-electron chi connectivity index (χ0n) is 16.3. The van der Waals surface area contributed by atoms with E-state index in [1.807, 2.05) is 30.3 Å². The largest absolute Gasteiger partial charge is 0.488 e. The highest BCUT2D eigenvalue weighted by molar-refractivity contribution is 9.10. The van der Waals surface area contributed by atoms with Crippen LogP contribution in [0.15, 0.2) is 65.1 Å². The van der Waals surface area contributed by atoms with E-state index in [2.05, 4.69) is 21.2 Å². The highest BCUT2D eigenvalue weighted by Crippen LogP contribution is 2.29. The van der Waals surface area contributed by atoms with E-state index in [0.717, 1.165) is 27.0 Å². The van der Waals surface area contributed by atoms with Crippen molar-refractivity contribution in [2.24, 2.45) is 0 Å². The Hall–Kier alpha value is -2.21. The average Bonchev–Trinajstić information content (AvgIpc) is 2.73. The number of esters is 1. The molecule has 0 spiro atoms. The van der Waals surface area contributed by atoms with E-state index < -0.39 is 0 Å². The summed E-state index contributed by atoms with van der Waals surface area (Å²) in [6.07, 6.45) is 0. The lowest BCUT2D eigenvalue weighted by molar-refractivity contribution is 0.0526. The van der Waals surface area contributed by atoms with Crippen molar-refractivity contribution in [1.29, 1.82) is 0 Å². The van der Waals surface area contributed by atoms with Crippen molar-refractivity contribution in [2.45, 2.75) is 20.1 Å². The Balaban J connectivity index is 1.69. The van der Waals surface area contributed by atoms with E-state index in [0.29, 0.717) is 28.8 Å². The number of anilines is 1. The monoisotopic (exact) mass is 507 g/mol. The van der Waals surface area contributed by atoms with Gasteiger partial charge in [0.2, 0.25) is 0 Å². The van der Waals surface area contributed by atoms with Gasteiger partial charge in [-0.3, -0.25) is 0 Å². The third-order valence-electron chi connectivity index (χ3n) is 4.34. The molecule has 7 heteroatoms. The van der Waals surface area contributed by atoms with Crippen LogP contribution in [0, 0.1) is 0 Å². The van der Waals surface area contributed by atoms with Crippen molar-refractivity contribution in [3.63, 3.8) is 0 Å². The normalized spacial score (nSPS) is 10.5. The van der Waals surface area contributed by atoms with Gasteiger partial charge in [0.15, 0.2) is 0 Å². The summed E-state index contributed by atoms with van der Waals surface area (Å²) in [6, 6.07) is 18.3. The first-order valence-electron chi connectivity index (χ1n) is 9.33. The van der Waals surface area contributed by atoms with E-state index in [1.54, 1.807) is 37.3 Å². The lowest BCUT2D eigenvalue weighted by Gasteiger charge is -2.15. The first-order chi connectivity index (χ1) is 14.5. The van der Waals surface area contributed by atoms with Crippen LogP contribution in [0.1, 0.15) is 28.4 Å². The lowest BCUT2D eigenvalue weighted by atomic mass is 10.1. The van der Waals surface area contributed by atoms with Crippen molar-refractivity contribution in [3.8, 4) is 5.75 Å². The van der Waals surface area contributed by atoms with Crippen LogP contribution in [0.25, 0.3) is 0 Å². The molecule has 0 bridgehead atoms. The Morgan fingerprint density at radius 3 is 2.40 bits per heavy atom. The van der Waals surface area contributed by atoms with Crippen LogP contribution in [0.3, 0.4) is 0 Å². The maximum absolute atomic E-state index is 11.8. The number of hydrogen-bond acceptors (Lipinski definition) is 4. The molecule has 30 heavy (non-hydrogen) atoms. The smallest absolute Gasteiger partial charge is 0.338 e. The summed E-state index contributed by atoms with van der Waals surface area (Å²) in [5.41, 5.74) is 3.10. The molecule has 0 atom stereocenters. The van der Waals surface area contributed by atoms with Crippen LogP contribution in [-0.2, 0) is 17.9 Å². The second-order valence-electron chi connectivity index (χ2n) is 6.39. The van der Waals surface area contributed by atoms with Gasteiger partial charge in [0, 0.05) is 37.9 Å². The summed E-state index contributed by atoms with van der Waals surface area (Å²) in [5, 5.41) is 4.48. The highest BCUT2D eigenvalue weighted by Gasteiger charge is 2.10. The van der Waals surface area contributed by atoms with Crippen LogP contribution in [0.4, 0.5) is 5.69 Å². The summed E-state index contributed by atoms with van der Waals surface area (Å²) in [5.74, 6) is 0.398. The molecule has 3 aromatic rings. The molecular formula is C23H20BrCl2NO3. The fourth-order valence-corrected chi connectivity index (χ4v) is 3.70. The average molecular weight is 509 g/mol. The molecule has 0 heterocycles. The van der Waals surface area contributed by atoms with Gasteiger partial charge < -0.3 is 14.8 Å². The molecule has 156 valence electrons. The van der Waals surface area contributed by atoms with Crippen molar-refractivity contribution in [2.75, 3.05) is 11.9 Å². The minimum absolute atomic E-state index is 0.265. The first-order valence-corrected chi connectivity index (χ1v) is 10.9. The fraction of sp³-hybridized carbons (Fsp3) is 0.174. The maximum Gasteiger partial charge on any atom is 0.338 e. The number of rotatable bonds is 8. The molecule has 0 amide bonds. The van der Waals surface area contributed by atoms with E-state index in [-0.39, 0.29) is 12.6 Å². The molecule has 0 fully saturated rings. The Bertz CT molecular complexity index is 1010. The van der Waals surface area contributed by atoms with Gasteiger partial charge in [-0.2, -0.15) is 0 Å². The third-order valence-corrected chi connectivity index (χ3v) is 5.54. The maximum atomic E-state index is 11.8.